The van der Waals surface area contributed by atoms with Crippen molar-refractivity contribution in [2.75, 3.05) is 13.7 Å². The number of carbonyl (C=O) groups excluding carboxylic acids is 1. The van der Waals surface area contributed by atoms with Gasteiger partial charge in [-0.05, 0) is 19.4 Å². The van der Waals surface area contributed by atoms with Gasteiger partial charge >= 0.3 is 5.97 Å². The van der Waals surface area contributed by atoms with Crippen LogP contribution in [0.1, 0.15) is 18.1 Å². The number of carbonyl (C=O) groups is 1. The van der Waals surface area contributed by atoms with E-state index in [2.05, 4.69) is 9.89 Å². The molecular weight excluding hydrogens is 218 g/mol. The summed E-state index contributed by atoms with van der Waals surface area (Å²) in [6.45, 7) is 3.97. The molecule has 0 aliphatic heterocycles. The van der Waals surface area contributed by atoms with Crippen LogP contribution in [0.25, 0.3) is 0 Å². The number of hydrogen-bond donors (Lipinski definition) is 0. The number of oxime groups is 1. The maximum Gasteiger partial charge on any atom is 0.311 e. The lowest BCUT2D eigenvalue weighted by molar-refractivity contribution is -0.146. The van der Waals surface area contributed by atoms with Crippen molar-refractivity contribution in [1.29, 1.82) is 0 Å². The number of hydrogen-bond acceptors (Lipinski definition) is 4. The Morgan fingerprint density at radius 1 is 1.41 bits per heavy atom. The third kappa shape index (κ3) is 4.68. The van der Waals surface area contributed by atoms with Gasteiger partial charge in [0.15, 0.2) is 0 Å². The molecule has 0 amide bonds. The first-order valence-corrected chi connectivity index (χ1v) is 5.43. The van der Waals surface area contributed by atoms with Crippen molar-refractivity contribution in [3.05, 3.63) is 35.4 Å². The van der Waals surface area contributed by atoms with Crippen LogP contribution in [-0.2, 0) is 14.4 Å². The monoisotopic (exact) mass is 235 g/mol. The molecule has 0 spiro atoms. The van der Waals surface area contributed by atoms with Crippen LogP contribution in [-0.4, -0.2) is 25.9 Å². The van der Waals surface area contributed by atoms with Gasteiger partial charge in [0.2, 0.25) is 0 Å². The molecule has 1 rings (SSSR count). The molecule has 0 aromatic heterocycles. The summed E-state index contributed by atoms with van der Waals surface area (Å²) in [7, 11) is 1.36. The largest absolute Gasteiger partial charge is 0.469 e. The third-order valence-electron chi connectivity index (χ3n) is 2.28. The van der Waals surface area contributed by atoms with Crippen molar-refractivity contribution in [1.82, 2.24) is 0 Å². The van der Waals surface area contributed by atoms with E-state index in [-0.39, 0.29) is 18.5 Å². The number of methoxy groups -OCH3 is 1. The lowest BCUT2D eigenvalue weighted by atomic mass is 10.2. The summed E-state index contributed by atoms with van der Waals surface area (Å²) in [5.74, 6) is -0.606. The number of aryl methyl sites for hydroxylation is 1. The van der Waals surface area contributed by atoms with Crippen molar-refractivity contribution < 1.29 is 14.4 Å². The highest BCUT2D eigenvalue weighted by Gasteiger charge is 2.12. The molecule has 1 aromatic carbocycles. The Labute approximate surface area is 101 Å². The first-order chi connectivity index (χ1) is 8.13. The topological polar surface area (TPSA) is 47.9 Å². The maximum atomic E-state index is 11.1. The molecule has 17 heavy (non-hydrogen) atoms. The van der Waals surface area contributed by atoms with Gasteiger partial charge in [0.25, 0.3) is 0 Å². The van der Waals surface area contributed by atoms with Crippen molar-refractivity contribution in [3.8, 4) is 0 Å². The predicted octanol–water partition coefficient (Wildman–Crippen LogP) is 2.15. The molecule has 0 unspecified atom stereocenters. The zero-order chi connectivity index (χ0) is 12.7. The fourth-order valence-electron chi connectivity index (χ4n) is 1.17. The van der Waals surface area contributed by atoms with E-state index in [0.717, 1.165) is 5.56 Å². The second kappa shape index (κ2) is 6.68. The van der Waals surface area contributed by atoms with Gasteiger partial charge in [-0.1, -0.05) is 35.0 Å². The molecule has 0 saturated carbocycles. The van der Waals surface area contributed by atoms with Crippen molar-refractivity contribution in [2.45, 2.75) is 13.8 Å². The van der Waals surface area contributed by atoms with Gasteiger partial charge in [0.05, 0.1) is 19.2 Å². The van der Waals surface area contributed by atoms with Crippen LogP contribution in [0.3, 0.4) is 0 Å². The Bertz CT molecular complexity index is 384. The van der Waals surface area contributed by atoms with Crippen molar-refractivity contribution >= 4 is 12.2 Å². The number of ether oxygens (including phenoxy) is 1. The zero-order valence-corrected chi connectivity index (χ0v) is 10.3. The Morgan fingerprint density at radius 2 is 2.06 bits per heavy atom. The standard InChI is InChI=1S/C13H17NO3/c1-10-4-6-12(7-5-10)8-14-17-9-11(2)13(15)16-3/h4-8,11H,9H2,1-3H3/b14-8+/t11-/m0/s1. The van der Waals surface area contributed by atoms with E-state index in [9.17, 15) is 4.79 Å². The van der Waals surface area contributed by atoms with E-state index in [1.54, 1.807) is 13.1 Å². The summed E-state index contributed by atoms with van der Waals surface area (Å²) in [5, 5.41) is 3.80. The van der Waals surface area contributed by atoms with Crippen molar-refractivity contribution in [3.63, 3.8) is 0 Å². The Hall–Kier alpha value is -1.84. The SMILES string of the molecule is COC(=O)[C@@H](C)CO/N=C/c1ccc(C)cc1. The van der Waals surface area contributed by atoms with Gasteiger partial charge in [-0.3, -0.25) is 4.79 Å². The molecule has 0 aliphatic rings. The fourth-order valence-corrected chi connectivity index (χ4v) is 1.17. The molecular formula is C13H17NO3. The molecule has 0 fully saturated rings. The Balaban J connectivity index is 2.36. The van der Waals surface area contributed by atoms with Gasteiger partial charge in [0.1, 0.15) is 6.61 Å². The summed E-state index contributed by atoms with van der Waals surface area (Å²) in [5.41, 5.74) is 2.16. The summed E-state index contributed by atoms with van der Waals surface area (Å²) in [4.78, 5) is 16.1. The van der Waals surface area contributed by atoms with Crippen LogP contribution in [0.15, 0.2) is 29.4 Å². The van der Waals surface area contributed by atoms with Crippen LogP contribution >= 0.6 is 0 Å². The zero-order valence-electron chi connectivity index (χ0n) is 10.3. The molecule has 4 nitrogen and oxygen atoms in total. The summed E-state index contributed by atoms with van der Waals surface area (Å²) in [6.07, 6.45) is 1.61. The predicted molar refractivity (Wildman–Crippen MR) is 65.9 cm³/mol. The molecule has 0 radical (unpaired) electrons. The molecule has 0 bridgehead atoms. The lowest BCUT2D eigenvalue weighted by Crippen LogP contribution is -2.17. The van der Waals surface area contributed by atoms with Gasteiger partial charge in [0, 0.05) is 0 Å². The first-order valence-electron chi connectivity index (χ1n) is 5.43. The quantitative estimate of drug-likeness (QED) is 0.446. The van der Waals surface area contributed by atoms with Crippen LogP contribution in [0.5, 0.6) is 0 Å². The molecule has 4 heteroatoms. The molecule has 92 valence electrons. The minimum atomic E-state index is -0.310. The number of benzene rings is 1. The molecule has 1 atom stereocenters. The second-order valence-corrected chi connectivity index (χ2v) is 3.87. The van der Waals surface area contributed by atoms with Gasteiger partial charge < -0.3 is 9.57 Å². The molecule has 0 N–H and O–H groups in total. The molecule has 1 aromatic rings. The minimum absolute atomic E-state index is 0.217. The first kappa shape index (κ1) is 13.2. The maximum absolute atomic E-state index is 11.1. The molecule has 0 saturated heterocycles. The highest BCUT2D eigenvalue weighted by Crippen LogP contribution is 2.01. The van der Waals surface area contributed by atoms with Crippen LogP contribution < -0.4 is 0 Å². The highest BCUT2D eigenvalue weighted by molar-refractivity contribution is 5.79. The highest BCUT2D eigenvalue weighted by atomic mass is 16.6. The lowest BCUT2D eigenvalue weighted by Gasteiger charge is -2.06. The van der Waals surface area contributed by atoms with Crippen LogP contribution in [0.4, 0.5) is 0 Å². The van der Waals surface area contributed by atoms with Gasteiger partial charge in [-0.2, -0.15) is 0 Å². The van der Waals surface area contributed by atoms with E-state index in [0.29, 0.717) is 0 Å². The Morgan fingerprint density at radius 3 is 2.65 bits per heavy atom. The van der Waals surface area contributed by atoms with Crippen LogP contribution in [0, 0.1) is 12.8 Å². The summed E-state index contributed by atoms with van der Waals surface area (Å²) < 4.78 is 4.57. The fraction of sp³-hybridized carbons (Fsp3) is 0.385. The van der Waals surface area contributed by atoms with Gasteiger partial charge in [-0.25, -0.2) is 0 Å². The van der Waals surface area contributed by atoms with E-state index >= 15 is 0 Å². The molecule has 0 heterocycles. The van der Waals surface area contributed by atoms with E-state index in [1.807, 2.05) is 31.2 Å². The minimum Gasteiger partial charge on any atom is -0.469 e. The average molecular weight is 235 g/mol. The average Bonchev–Trinajstić information content (AvgIpc) is 2.35. The van der Waals surface area contributed by atoms with Crippen LogP contribution in [0.2, 0.25) is 0 Å². The summed E-state index contributed by atoms with van der Waals surface area (Å²) in [6, 6.07) is 7.90. The number of rotatable bonds is 5. The smallest absolute Gasteiger partial charge is 0.311 e. The second-order valence-electron chi connectivity index (χ2n) is 3.87. The van der Waals surface area contributed by atoms with Gasteiger partial charge in [-0.15, -0.1) is 0 Å². The normalized spacial score (nSPS) is 12.4. The van der Waals surface area contributed by atoms with E-state index in [1.165, 1.54) is 12.7 Å². The van der Waals surface area contributed by atoms with E-state index < -0.39 is 0 Å². The van der Waals surface area contributed by atoms with E-state index in [4.69, 9.17) is 4.84 Å². The summed E-state index contributed by atoms with van der Waals surface area (Å²) >= 11 is 0. The number of nitrogens with zero attached hydrogens (tertiary/aromatic N) is 1. The van der Waals surface area contributed by atoms with Crippen molar-refractivity contribution in [2.24, 2.45) is 11.1 Å². The Kier molecular flexibility index (Phi) is 5.20. The molecule has 0 aliphatic carbocycles. The third-order valence-corrected chi connectivity index (χ3v) is 2.28. The number of esters is 1.